The van der Waals surface area contributed by atoms with Crippen LogP contribution < -0.4 is 5.32 Å². The Morgan fingerprint density at radius 2 is 1.88 bits per heavy atom. The van der Waals surface area contributed by atoms with Crippen LogP contribution in [0.5, 0.6) is 0 Å². The molecule has 0 spiro atoms. The van der Waals surface area contributed by atoms with Crippen molar-refractivity contribution in [3.63, 3.8) is 0 Å². The number of aromatic nitrogens is 4. The second kappa shape index (κ2) is 9.69. The molecule has 4 rings (SSSR count). The monoisotopic (exact) mass is 434 g/mol. The van der Waals surface area contributed by atoms with Gasteiger partial charge in [-0.1, -0.05) is 30.3 Å². The molecule has 1 N–H and O–H groups in total. The maximum absolute atomic E-state index is 13.1. The number of benzene rings is 1. The molecule has 0 radical (unpaired) electrons. The number of nitrogens with zero attached hydrogens (tertiary/aromatic N) is 5. The zero-order chi connectivity index (χ0) is 22.5. The zero-order valence-electron chi connectivity index (χ0n) is 18.2. The fourth-order valence-corrected chi connectivity index (χ4v) is 3.66. The van der Waals surface area contributed by atoms with E-state index in [2.05, 4.69) is 15.4 Å². The van der Waals surface area contributed by atoms with Crippen LogP contribution in [-0.4, -0.2) is 69.3 Å². The first-order chi connectivity index (χ1) is 15.5. The number of carbonyl (C=O) groups is 2. The lowest BCUT2D eigenvalue weighted by atomic mass is 10.1. The van der Waals surface area contributed by atoms with Gasteiger partial charge in [0.2, 0.25) is 0 Å². The highest BCUT2D eigenvalue weighted by molar-refractivity contribution is 5.96. The third kappa shape index (κ3) is 4.83. The number of nitrogens with one attached hydrogen (secondary N) is 1. The van der Waals surface area contributed by atoms with E-state index in [-0.39, 0.29) is 11.8 Å². The first-order valence-electron chi connectivity index (χ1n) is 10.6. The number of rotatable bonds is 6. The Balaban J connectivity index is 1.55. The van der Waals surface area contributed by atoms with Gasteiger partial charge in [0.15, 0.2) is 5.82 Å². The molecule has 0 unspecified atom stereocenters. The Kier molecular flexibility index (Phi) is 6.55. The summed E-state index contributed by atoms with van der Waals surface area (Å²) in [6, 6.07) is 9.62. The largest absolute Gasteiger partial charge is 0.378 e. The summed E-state index contributed by atoms with van der Waals surface area (Å²) in [6.45, 7) is 4.24. The van der Waals surface area contributed by atoms with Crippen LogP contribution in [-0.2, 0) is 18.2 Å². The molecule has 2 aromatic heterocycles. The molecule has 9 nitrogen and oxygen atoms in total. The predicted octanol–water partition coefficient (Wildman–Crippen LogP) is 1.63. The summed E-state index contributed by atoms with van der Waals surface area (Å²) >= 11 is 0. The first-order valence-corrected chi connectivity index (χ1v) is 10.6. The Labute approximate surface area is 186 Å². The van der Waals surface area contributed by atoms with Crippen molar-refractivity contribution in [1.29, 1.82) is 0 Å². The summed E-state index contributed by atoms with van der Waals surface area (Å²) in [6.07, 6.45) is 3.69. The second-order valence-electron chi connectivity index (χ2n) is 7.63. The lowest BCUT2D eigenvalue weighted by Crippen LogP contribution is -2.41. The van der Waals surface area contributed by atoms with Crippen LogP contribution in [0.4, 0.5) is 0 Å². The third-order valence-electron chi connectivity index (χ3n) is 5.33. The van der Waals surface area contributed by atoms with Gasteiger partial charge >= 0.3 is 0 Å². The number of aryl methyl sites for hydroxylation is 2. The Morgan fingerprint density at radius 1 is 1.12 bits per heavy atom. The average molecular weight is 435 g/mol. The molecule has 166 valence electrons. The van der Waals surface area contributed by atoms with Gasteiger partial charge in [0, 0.05) is 51.1 Å². The van der Waals surface area contributed by atoms with Crippen LogP contribution in [0.1, 0.15) is 32.1 Å². The van der Waals surface area contributed by atoms with E-state index in [9.17, 15) is 9.59 Å². The van der Waals surface area contributed by atoms with Crippen molar-refractivity contribution < 1.29 is 14.3 Å². The van der Waals surface area contributed by atoms with Crippen LogP contribution in [0.2, 0.25) is 0 Å². The van der Waals surface area contributed by atoms with Crippen LogP contribution in [0, 0.1) is 6.92 Å². The van der Waals surface area contributed by atoms with E-state index in [1.54, 1.807) is 35.9 Å². The summed E-state index contributed by atoms with van der Waals surface area (Å²) in [5.74, 6) is 0.236. The molecule has 0 bridgehead atoms. The van der Waals surface area contributed by atoms with E-state index in [1.165, 1.54) is 0 Å². The summed E-state index contributed by atoms with van der Waals surface area (Å²) in [5.41, 5.74) is 3.14. The number of amides is 2. The maximum atomic E-state index is 13.1. The Hall–Kier alpha value is -3.59. The molecule has 1 aliphatic rings. The molecule has 0 saturated carbocycles. The molecule has 1 fully saturated rings. The van der Waals surface area contributed by atoms with Gasteiger partial charge in [0.1, 0.15) is 0 Å². The van der Waals surface area contributed by atoms with Crippen molar-refractivity contribution in [2.45, 2.75) is 13.3 Å². The quantitative estimate of drug-likeness (QED) is 0.633. The van der Waals surface area contributed by atoms with Crippen molar-refractivity contribution in [2.75, 3.05) is 32.8 Å². The number of hydrogen-bond donors (Lipinski definition) is 1. The summed E-state index contributed by atoms with van der Waals surface area (Å²) in [4.78, 5) is 36.6. The molecule has 9 heteroatoms. The van der Waals surface area contributed by atoms with E-state index in [0.29, 0.717) is 67.6 Å². The molecule has 0 atom stereocenters. The molecule has 32 heavy (non-hydrogen) atoms. The van der Waals surface area contributed by atoms with Gasteiger partial charge in [-0.25, -0.2) is 9.97 Å². The van der Waals surface area contributed by atoms with Crippen LogP contribution in [0.15, 0.2) is 42.7 Å². The topological polar surface area (TPSA) is 102 Å². The molecule has 2 amide bonds. The SMILES string of the molecule is Cc1nn(C)cc1C(=O)NCCc1nc(-c2ccccc2)ncc1C(=O)N1CCOCC1. The van der Waals surface area contributed by atoms with Gasteiger partial charge in [-0.3, -0.25) is 14.3 Å². The zero-order valence-corrected chi connectivity index (χ0v) is 18.2. The summed E-state index contributed by atoms with van der Waals surface area (Å²) < 4.78 is 6.97. The first kappa shape index (κ1) is 21.6. The van der Waals surface area contributed by atoms with Crippen molar-refractivity contribution in [2.24, 2.45) is 7.05 Å². The van der Waals surface area contributed by atoms with Gasteiger partial charge in [-0.05, 0) is 6.92 Å². The van der Waals surface area contributed by atoms with Crippen LogP contribution >= 0.6 is 0 Å². The molecular weight excluding hydrogens is 408 g/mol. The van der Waals surface area contributed by atoms with Gasteiger partial charge < -0.3 is 15.0 Å². The molecule has 3 aromatic rings. The molecule has 1 aromatic carbocycles. The molecular formula is C23H26N6O3. The van der Waals surface area contributed by atoms with Gasteiger partial charge in [0.25, 0.3) is 11.8 Å². The van der Waals surface area contributed by atoms with E-state index in [4.69, 9.17) is 9.72 Å². The third-order valence-corrected chi connectivity index (χ3v) is 5.33. The number of ether oxygens (including phenoxy) is 1. The van der Waals surface area contributed by atoms with Crippen molar-refractivity contribution in [1.82, 2.24) is 30.0 Å². The Bertz CT molecular complexity index is 1110. The van der Waals surface area contributed by atoms with Gasteiger partial charge in [0.05, 0.1) is 35.7 Å². The summed E-state index contributed by atoms with van der Waals surface area (Å²) in [7, 11) is 1.78. The van der Waals surface area contributed by atoms with Crippen molar-refractivity contribution >= 4 is 11.8 Å². The van der Waals surface area contributed by atoms with E-state index >= 15 is 0 Å². The normalized spacial score (nSPS) is 13.8. The fourth-order valence-electron chi connectivity index (χ4n) is 3.66. The second-order valence-corrected chi connectivity index (χ2v) is 7.63. The smallest absolute Gasteiger partial charge is 0.257 e. The van der Waals surface area contributed by atoms with E-state index in [0.717, 1.165) is 5.56 Å². The number of morpholine rings is 1. The molecule has 3 heterocycles. The average Bonchev–Trinajstić information content (AvgIpc) is 3.17. The van der Waals surface area contributed by atoms with E-state index < -0.39 is 0 Å². The molecule has 0 aliphatic carbocycles. The number of hydrogen-bond acceptors (Lipinski definition) is 6. The highest BCUT2D eigenvalue weighted by Crippen LogP contribution is 2.18. The Morgan fingerprint density at radius 3 is 2.56 bits per heavy atom. The highest BCUT2D eigenvalue weighted by Gasteiger charge is 2.23. The van der Waals surface area contributed by atoms with Crippen molar-refractivity contribution in [3.05, 3.63) is 65.2 Å². The lowest BCUT2D eigenvalue weighted by molar-refractivity contribution is 0.0301. The van der Waals surface area contributed by atoms with Gasteiger partial charge in [-0.2, -0.15) is 5.10 Å². The minimum atomic E-state index is -0.200. The lowest BCUT2D eigenvalue weighted by Gasteiger charge is -2.27. The van der Waals surface area contributed by atoms with Gasteiger partial charge in [-0.15, -0.1) is 0 Å². The molecule has 1 aliphatic heterocycles. The van der Waals surface area contributed by atoms with Crippen LogP contribution in [0.25, 0.3) is 11.4 Å². The minimum absolute atomic E-state index is 0.114. The number of carbonyl (C=O) groups excluding carboxylic acids is 2. The molecule has 1 saturated heterocycles. The highest BCUT2D eigenvalue weighted by atomic mass is 16.5. The standard InChI is InChI=1S/C23H26N6O3/c1-16-19(15-28(2)27-16)22(30)24-9-8-20-18(23(31)29-10-12-32-13-11-29)14-25-21(26-20)17-6-4-3-5-7-17/h3-7,14-15H,8-13H2,1-2H3,(H,24,30). The predicted molar refractivity (Wildman–Crippen MR) is 118 cm³/mol. The minimum Gasteiger partial charge on any atom is -0.378 e. The van der Waals surface area contributed by atoms with Crippen molar-refractivity contribution in [3.8, 4) is 11.4 Å². The van der Waals surface area contributed by atoms with Crippen LogP contribution in [0.3, 0.4) is 0 Å². The van der Waals surface area contributed by atoms with E-state index in [1.807, 2.05) is 30.3 Å². The maximum Gasteiger partial charge on any atom is 0.257 e. The summed E-state index contributed by atoms with van der Waals surface area (Å²) in [5, 5.41) is 7.12. The fraction of sp³-hybridized carbons (Fsp3) is 0.348.